The van der Waals surface area contributed by atoms with Gasteiger partial charge in [-0.3, -0.25) is 0 Å². The number of hydrogen-bond acceptors (Lipinski definition) is 4. The molecule has 2 atom stereocenters. The molecule has 0 unspecified atom stereocenters. The standard InChI is InChI=1S/2C8H16O2.2C8H17.Sn/c2*1-3-5-6-7(4-2)8(9)10;2*1-3-5-7-8-6-4-2;/h2*7H,3-6H2,1-2H3,(H,9,10);2*1,3-8H2,2H3;/q;;;;+2/p-2/t2*7-;;;/m00.../s1. The first-order valence-electron chi connectivity index (χ1n) is 16.4. The summed E-state index contributed by atoms with van der Waals surface area (Å²) in [6, 6.07) is 0. The van der Waals surface area contributed by atoms with Crippen molar-refractivity contribution in [3.05, 3.63) is 0 Å². The summed E-state index contributed by atoms with van der Waals surface area (Å²) in [6.07, 6.45) is 21.9. The molecule has 0 aliphatic heterocycles. The van der Waals surface area contributed by atoms with Gasteiger partial charge in [0.15, 0.2) is 0 Å². The van der Waals surface area contributed by atoms with Gasteiger partial charge in [0.25, 0.3) is 0 Å². The predicted octanol–water partition coefficient (Wildman–Crippen LogP) is 10.7. The topological polar surface area (TPSA) is 52.6 Å². The molecule has 0 aromatic rings. The van der Waals surface area contributed by atoms with Crippen LogP contribution in [0.3, 0.4) is 0 Å². The molecule has 220 valence electrons. The molecule has 37 heavy (non-hydrogen) atoms. The van der Waals surface area contributed by atoms with Gasteiger partial charge < -0.3 is 0 Å². The van der Waals surface area contributed by atoms with Crippen LogP contribution in [0.4, 0.5) is 0 Å². The van der Waals surface area contributed by atoms with Crippen molar-refractivity contribution >= 4 is 31.1 Å². The van der Waals surface area contributed by atoms with Gasteiger partial charge in [-0.15, -0.1) is 0 Å². The van der Waals surface area contributed by atoms with Gasteiger partial charge in [-0.1, -0.05) is 0 Å². The minimum absolute atomic E-state index is 0.0640. The maximum atomic E-state index is 13.5. The Bertz CT molecular complexity index is 503. The van der Waals surface area contributed by atoms with Crippen molar-refractivity contribution in [3.8, 4) is 0 Å². The van der Waals surface area contributed by atoms with Crippen molar-refractivity contribution in [1.29, 1.82) is 0 Å². The summed E-state index contributed by atoms with van der Waals surface area (Å²) in [5, 5.41) is 0. The summed E-state index contributed by atoms with van der Waals surface area (Å²) in [4.78, 5) is 27.0. The monoisotopic (exact) mass is 632 g/mol. The molecule has 5 heteroatoms. The quantitative estimate of drug-likeness (QED) is 0.0704. The van der Waals surface area contributed by atoms with Gasteiger partial charge in [0.1, 0.15) is 0 Å². The van der Waals surface area contributed by atoms with Gasteiger partial charge in [-0.2, -0.15) is 0 Å². The van der Waals surface area contributed by atoms with E-state index >= 15 is 0 Å². The first-order chi connectivity index (χ1) is 17.9. The van der Waals surface area contributed by atoms with Crippen LogP contribution in [0.5, 0.6) is 0 Å². The Morgan fingerprint density at radius 3 is 1.14 bits per heavy atom. The molecular formula is C32H64O4Sn. The molecule has 0 saturated heterocycles. The van der Waals surface area contributed by atoms with Gasteiger partial charge in [0.05, 0.1) is 0 Å². The normalized spacial score (nSPS) is 13.4. The van der Waals surface area contributed by atoms with E-state index in [9.17, 15) is 9.59 Å². The van der Waals surface area contributed by atoms with Gasteiger partial charge in [-0.05, 0) is 0 Å². The number of carbonyl (C=O) groups is 2. The summed E-state index contributed by atoms with van der Waals surface area (Å²) in [6.45, 7) is 13.0. The van der Waals surface area contributed by atoms with E-state index in [1.165, 1.54) is 51.4 Å². The SMILES string of the molecule is CCCCCCC[CH2][Sn]([CH2]CCCCCCC)([O]C(=O)[C@@H](CC)CCCC)[O]C(=O)[C@@H](CC)CCCC. The molecule has 0 rings (SSSR count). The fraction of sp³-hybridized carbons (Fsp3) is 0.938. The number of carbonyl (C=O) groups excluding carboxylic acids is 2. The van der Waals surface area contributed by atoms with Gasteiger partial charge in [-0.25, -0.2) is 0 Å². The fourth-order valence-electron chi connectivity index (χ4n) is 5.11. The summed E-state index contributed by atoms with van der Waals surface area (Å²) < 4.78 is 14.8. The van der Waals surface area contributed by atoms with Crippen LogP contribution >= 0.6 is 0 Å². The van der Waals surface area contributed by atoms with Crippen molar-refractivity contribution in [2.24, 2.45) is 11.8 Å². The van der Waals surface area contributed by atoms with Crippen LogP contribution in [0.15, 0.2) is 0 Å². The Morgan fingerprint density at radius 1 is 0.486 bits per heavy atom. The molecule has 0 aromatic heterocycles. The van der Waals surface area contributed by atoms with E-state index in [-0.39, 0.29) is 23.8 Å². The van der Waals surface area contributed by atoms with Crippen molar-refractivity contribution in [3.63, 3.8) is 0 Å². The van der Waals surface area contributed by atoms with Crippen LogP contribution in [0.2, 0.25) is 8.87 Å². The maximum absolute atomic E-state index is 13.5. The molecule has 0 saturated carbocycles. The Morgan fingerprint density at radius 2 is 0.811 bits per heavy atom. The fourth-order valence-corrected chi connectivity index (χ4v) is 14.7. The third-order valence-electron chi connectivity index (χ3n) is 7.86. The third-order valence-corrected chi connectivity index (χ3v) is 17.5. The molecular weight excluding hydrogens is 567 g/mol. The van der Waals surface area contributed by atoms with Crippen LogP contribution in [-0.4, -0.2) is 31.1 Å². The molecule has 0 aromatic carbocycles. The molecule has 0 bridgehead atoms. The first kappa shape index (κ1) is 36.7. The summed E-state index contributed by atoms with van der Waals surface area (Å²) in [7, 11) is 0. The second-order valence-electron chi connectivity index (χ2n) is 11.3. The van der Waals surface area contributed by atoms with Gasteiger partial charge in [0, 0.05) is 0 Å². The molecule has 0 fully saturated rings. The van der Waals surface area contributed by atoms with Gasteiger partial charge in [0.2, 0.25) is 0 Å². The van der Waals surface area contributed by atoms with E-state index in [4.69, 9.17) is 6.15 Å². The number of hydrogen-bond donors (Lipinski definition) is 0. The van der Waals surface area contributed by atoms with Crippen LogP contribution < -0.4 is 0 Å². The zero-order valence-corrected chi connectivity index (χ0v) is 28.7. The van der Waals surface area contributed by atoms with Crippen LogP contribution in [-0.2, 0) is 15.7 Å². The van der Waals surface area contributed by atoms with Crippen molar-refractivity contribution in [2.75, 3.05) is 0 Å². The van der Waals surface area contributed by atoms with E-state index in [2.05, 4.69) is 41.5 Å². The molecule has 0 heterocycles. The Kier molecular flexibility index (Phi) is 24.6. The molecule has 0 N–H and O–H groups in total. The van der Waals surface area contributed by atoms with E-state index < -0.39 is 19.2 Å². The summed E-state index contributed by atoms with van der Waals surface area (Å²) in [5.74, 6) is -0.270. The van der Waals surface area contributed by atoms with E-state index in [1.807, 2.05) is 0 Å². The zero-order chi connectivity index (χ0) is 27.8. The minimum atomic E-state index is -3.96. The van der Waals surface area contributed by atoms with Gasteiger partial charge >= 0.3 is 238 Å². The predicted molar refractivity (Wildman–Crippen MR) is 161 cm³/mol. The second kappa shape index (κ2) is 24.8. The van der Waals surface area contributed by atoms with E-state index in [0.717, 1.165) is 85.9 Å². The van der Waals surface area contributed by atoms with Crippen LogP contribution in [0.25, 0.3) is 0 Å². The first-order valence-corrected chi connectivity index (χ1v) is 22.8. The number of unbranched alkanes of at least 4 members (excludes halogenated alkanes) is 12. The average Bonchev–Trinajstić information content (AvgIpc) is 2.89. The van der Waals surface area contributed by atoms with E-state index in [1.54, 1.807) is 0 Å². The van der Waals surface area contributed by atoms with Crippen molar-refractivity contribution in [2.45, 2.75) is 179 Å². The Hall–Kier alpha value is -0.261. The Labute approximate surface area is 236 Å². The van der Waals surface area contributed by atoms with E-state index in [0.29, 0.717) is 0 Å². The summed E-state index contributed by atoms with van der Waals surface area (Å²) in [5.41, 5.74) is 0. The molecule has 0 aliphatic carbocycles. The third kappa shape index (κ3) is 17.9. The van der Waals surface area contributed by atoms with Crippen molar-refractivity contribution in [1.82, 2.24) is 0 Å². The molecule has 0 aliphatic rings. The van der Waals surface area contributed by atoms with Crippen LogP contribution in [0, 0.1) is 11.8 Å². The Balaban J connectivity index is 5.71. The molecule has 0 spiro atoms. The average molecular weight is 632 g/mol. The second-order valence-corrected chi connectivity index (χ2v) is 20.5. The molecule has 0 amide bonds. The number of rotatable bonds is 26. The summed E-state index contributed by atoms with van der Waals surface area (Å²) >= 11 is -3.96. The molecule has 4 nitrogen and oxygen atoms in total. The van der Waals surface area contributed by atoms with Crippen molar-refractivity contribution < 1.29 is 15.7 Å². The van der Waals surface area contributed by atoms with Crippen LogP contribution in [0.1, 0.15) is 170 Å². The molecule has 0 radical (unpaired) electrons. The zero-order valence-electron chi connectivity index (χ0n) is 25.8.